The first-order valence-corrected chi connectivity index (χ1v) is 6.59. The van der Waals surface area contributed by atoms with Crippen molar-refractivity contribution in [2.45, 2.75) is 19.0 Å². The van der Waals surface area contributed by atoms with Crippen LogP contribution in [0.3, 0.4) is 0 Å². The van der Waals surface area contributed by atoms with Gasteiger partial charge >= 0.3 is 0 Å². The number of aliphatic hydroxyl groups is 1. The SMILES string of the molecule is OCC1CCN1Cc1cc(-c2cccs2)on1. The normalized spacial score (nSPS) is 20.4. The molecule has 2 aromatic rings. The molecule has 0 saturated carbocycles. The molecule has 1 aliphatic heterocycles. The van der Waals surface area contributed by atoms with Gasteiger partial charge < -0.3 is 9.63 Å². The minimum Gasteiger partial charge on any atom is -0.395 e. The molecule has 0 spiro atoms. The number of aromatic nitrogens is 1. The van der Waals surface area contributed by atoms with Crippen LogP contribution in [0.1, 0.15) is 12.1 Å². The summed E-state index contributed by atoms with van der Waals surface area (Å²) in [5.41, 5.74) is 0.937. The van der Waals surface area contributed by atoms with Gasteiger partial charge in [-0.15, -0.1) is 11.3 Å². The Balaban J connectivity index is 1.69. The molecule has 0 aliphatic carbocycles. The minimum absolute atomic E-state index is 0.232. The number of hydrogen-bond acceptors (Lipinski definition) is 5. The average molecular weight is 250 g/mol. The summed E-state index contributed by atoms with van der Waals surface area (Å²) in [6.07, 6.45) is 1.08. The van der Waals surface area contributed by atoms with Gasteiger partial charge in [0.2, 0.25) is 0 Å². The topological polar surface area (TPSA) is 49.5 Å². The highest BCUT2D eigenvalue weighted by Crippen LogP contribution is 2.26. The van der Waals surface area contributed by atoms with Crippen molar-refractivity contribution in [1.82, 2.24) is 10.1 Å². The van der Waals surface area contributed by atoms with Gasteiger partial charge in [-0.05, 0) is 17.9 Å². The monoisotopic (exact) mass is 250 g/mol. The second kappa shape index (κ2) is 4.60. The molecule has 3 rings (SSSR count). The first kappa shape index (κ1) is 11.0. The summed E-state index contributed by atoms with van der Waals surface area (Å²) in [4.78, 5) is 3.32. The molecule has 1 N–H and O–H groups in total. The number of thiophene rings is 1. The van der Waals surface area contributed by atoms with Crippen LogP contribution in [-0.2, 0) is 6.54 Å². The number of nitrogens with zero attached hydrogens (tertiary/aromatic N) is 2. The number of aliphatic hydroxyl groups excluding tert-OH is 1. The number of rotatable bonds is 4. The summed E-state index contributed by atoms with van der Waals surface area (Å²) >= 11 is 1.65. The third-order valence-electron chi connectivity index (χ3n) is 3.16. The lowest BCUT2D eigenvalue weighted by molar-refractivity contribution is 0.0339. The van der Waals surface area contributed by atoms with Crippen molar-refractivity contribution in [2.24, 2.45) is 0 Å². The Morgan fingerprint density at radius 2 is 2.53 bits per heavy atom. The summed E-state index contributed by atoms with van der Waals surface area (Å²) < 4.78 is 5.32. The zero-order chi connectivity index (χ0) is 11.7. The quantitative estimate of drug-likeness (QED) is 0.901. The molecular formula is C12H14N2O2S. The van der Waals surface area contributed by atoms with Crippen LogP contribution in [0.5, 0.6) is 0 Å². The second-order valence-corrected chi connectivity index (χ2v) is 5.20. The van der Waals surface area contributed by atoms with E-state index in [0.29, 0.717) is 6.04 Å². The Hall–Kier alpha value is -1.17. The van der Waals surface area contributed by atoms with Gasteiger partial charge in [-0.1, -0.05) is 11.2 Å². The zero-order valence-electron chi connectivity index (χ0n) is 9.37. The van der Waals surface area contributed by atoms with Gasteiger partial charge in [0.15, 0.2) is 5.76 Å². The van der Waals surface area contributed by atoms with Gasteiger partial charge in [-0.25, -0.2) is 0 Å². The van der Waals surface area contributed by atoms with Crippen molar-refractivity contribution in [1.29, 1.82) is 0 Å². The summed E-state index contributed by atoms with van der Waals surface area (Å²) in [6.45, 7) is 2.03. The predicted octanol–water partition coefficient (Wildman–Crippen LogP) is 1.97. The summed E-state index contributed by atoms with van der Waals surface area (Å²) in [7, 11) is 0. The Kier molecular flexibility index (Phi) is 2.96. The van der Waals surface area contributed by atoms with Crippen LogP contribution >= 0.6 is 11.3 Å². The smallest absolute Gasteiger partial charge is 0.177 e. The van der Waals surface area contributed by atoms with Gasteiger partial charge in [0.1, 0.15) is 0 Å². The maximum absolute atomic E-state index is 9.11. The summed E-state index contributed by atoms with van der Waals surface area (Å²) in [5, 5.41) is 15.2. The number of likely N-dealkylation sites (tertiary alicyclic amines) is 1. The Labute approximate surface area is 103 Å². The first-order valence-electron chi connectivity index (χ1n) is 5.71. The van der Waals surface area contributed by atoms with E-state index in [2.05, 4.69) is 10.1 Å². The molecule has 2 aromatic heterocycles. The highest BCUT2D eigenvalue weighted by molar-refractivity contribution is 7.13. The van der Waals surface area contributed by atoms with Crippen LogP contribution in [0.25, 0.3) is 10.6 Å². The molecular weight excluding hydrogens is 236 g/mol. The van der Waals surface area contributed by atoms with E-state index in [-0.39, 0.29) is 6.61 Å². The lowest BCUT2D eigenvalue weighted by Crippen LogP contribution is -2.49. The van der Waals surface area contributed by atoms with E-state index >= 15 is 0 Å². The van der Waals surface area contributed by atoms with E-state index < -0.39 is 0 Å². The lowest BCUT2D eigenvalue weighted by Gasteiger charge is -2.39. The largest absolute Gasteiger partial charge is 0.395 e. The molecule has 4 nitrogen and oxygen atoms in total. The Morgan fingerprint density at radius 1 is 1.59 bits per heavy atom. The average Bonchev–Trinajstić information content (AvgIpc) is 2.96. The highest BCUT2D eigenvalue weighted by Gasteiger charge is 2.27. The minimum atomic E-state index is 0.232. The Bertz CT molecular complexity index is 478. The molecule has 3 heterocycles. The van der Waals surface area contributed by atoms with Crippen molar-refractivity contribution >= 4 is 11.3 Å². The zero-order valence-corrected chi connectivity index (χ0v) is 10.2. The van der Waals surface area contributed by atoms with E-state index in [1.54, 1.807) is 11.3 Å². The van der Waals surface area contributed by atoms with Crippen LogP contribution < -0.4 is 0 Å². The number of hydrogen-bond donors (Lipinski definition) is 1. The van der Waals surface area contributed by atoms with Crippen LogP contribution in [0.15, 0.2) is 28.1 Å². The van der Waals surface area contributed by atoms with Gasteiger partial charge in [0.05, 0.1) is 17.2 Å². The molecule has 1 aliphatic rings. The molecule has 0 bridgehead atoms. The molecule has 17 heavy (non-hydrogen) atoms. The molecule has 0 aromatic carbocycles. The maximum atomic E-state index is 9.11. The van der Waals surface area contributed by atoms with Gasteiger partial charge in [0.25, 0.3) is 0 Å². The highest BCUT2D eigenvalue weighted by atomic mass is 32.1. The third-order valence-corrected chi connectivity index (χ3v) is 4.05. The molecule has 0 amide bonds. The molecule has 1 unspecified atom stereocenters. The molecule has 1 fully saturated rings. The van der Waals surface area contributed by atoms with E-state index in [1.807, 2.05) is 23.6 Å². The van der Waals surface area contributed by atoms with E-state index in [9.17, 15) is 0 Å². The fraction of sp³-hybridized carbons (Fsp3) is 0.417. The molecule has 1 saturated heterocycles. The third kappa shape index (κ3) is 2.13. The standard InChI is InChI=1S/C12H14N2O2S/c15-8-10-3-4-14(10)7-9-6-11(16-13-9)12-2-1-5-17-12/h1-2,5-6,10,15H,3-4,7-8H2. The molecule has 1 atom stereocenters. The summed E-state index contributed by atoms with van der Waals surface area (Å²) in [5.74, 6) is 0.830. The van der Waals surface area contributed by atoms with Crippen molar-refractivity contribution in [3.8, 4) is 10.6 Å². The Morgan fingerprint density at radius 3 is 3.18 bits per heavy atom. The molecule has 0 radical (unpaired) electrons. The van der Waals surface area contributed by atoms with Gasteiger partial charge in [-0.3, -0.25) is 4.90 Å². The maximum Gasteiger partial charge on any atom is 0.177 e. The predicted molar refractivity (Wildman–Crippen MR) is 65.7 cm³/mol. The van der Waals surface area contributed by atoms with Gasteiger partial charge in [0, 0.05) is 25.2 Å². The fourth-order valence-electron chi connectivity index (χ4n) is 2.04. The fourth-order valence-corrected chi connectivity index (χ4v) is 2.71. The van der Waals surface area contributed by atoms with Crippen molar-refractivity contribution in [2.75, 3.05) is 13.2 Å². The second-order valence-electron chi connectivity index (χ2n) is 4.26. The van der Waals surface area contributed by atoms with Crippen molar-refractivity contribution < 1.29 is 9.63 Å². The molecule has 5 heteroatoms. The first-order chi connectivity index (χ1) is 8.36. The van der Waals surface area contributed by atoms with E-state index in [1.165, 1.54) is 0 Å². The van der Waals surface area contributed by atoms with Gasteiger partial charge in [-0.2, -0.15) is 0 Å². The van der Waals surface area contributed by atoms with E-state index in [0.717, 1.165) is 35.8 Å². The lowest BCUT2D eigenvalue weighted by atomic mass is 10.0. The van der Waals surface area contributed by atoms with Crippen LogP contribution in [0, 0.1) is 0 Å². The van der Waals surface area contributed by atoms with Crippen LogP contribution in [0.4, 0.5) is 0 Å². The van der Waals surface area contributed by atoms with Crippen molar-refractivity contribution in [3.05, 3.63) is 29.3 Å². The molecule has 90 valence electrons. The summed E-state index contributed by atoms with van der Waals surface area (Å²) in [6, 6.07) is 6.31. The van der Waals surface area contributed by atoms with Crippen LogP contribution in [-0.4, -0.2) is 34.4 Å². The van der Waals surface area contributed by atoms with Crippen LogP contribution in [0.2, 0.25) is 0 Å². The van der Waals surface area contributed by atoms with Crippen molar-refractivity contribution in [3.63, 3.8) is 0 Å². The van der Waals surface area contributed by atoms with E-state index in [4.69, 9.17) is 9.63 Å².